The Kier molecular flexibility index (Phi) is 6.04. The van der Waals surface area contributed by atoms with Crippen LogP contribution < -0.4 is 10.0 Å². The molecule has 0 bridgehead atoms. The minimum Gasteiger partial charge on any atom is -0.340 e. The second-order valence-corrected chi connectivity index (χ2v) is 9.27. The Labute approximate surface area is 175 Å². The van der Waals surface area contributed by atoms with Crippen molar-refractivity contribution in [3.05, 3.63) is 76.9 Å². The highest BCUT2D eigenvalue weighted by Gasteiger charge is 2.29. The molecule has 0 aliphatic rings. The van der Waals surface area contributed by atoms with Gasteiger partial charge in [-0.3, -0.25) is 4.79 Å². The van der Waals surface area contributed by atoms with Crippen molar-refractivity contribution in [2.24, 2.45) is 0 Å². The summed E-state index contributed by atoms with van der Waals surface area (Å²) in [7, 11) is -3.79. The summed E-state index contributed by atoms with van der Waals surface area (Å²) in [6, 6.07) is 13.7. The van der Waals surface area contributed by atoms with Gasteiger partial charge in [-0.05, 0) is 44.0 Å². The van der Waals surface area contributed by atoms with E-state index in [-0.39, 0.29) is 17.0 Å². The van der Waals surface area contributed by atoms with Gasteiger partial charge in [-0.25, -0.2) is 13.1 Å². The number of hydrogen-bond acceptors (Lipinski definition) is 6. The van der Waals surface area contributed by atoms with Crippen molar-refractivity contribution in [3.8, 4) is 0 Å². The van der Waals surface area contributed by atoms with E-state index in [9.17, 15) is 13.2 Å². The maximum absolute atomic E-state index is 12.9. The monoisotopic (exact) mass is 428 g/mol. The number of amides is 1. The van der Waals surface area contributed by atoms with Crippen LogP contribution in [-0.4, -0.2) is 24.5 Å². The molecule has 2 aromatic carbocycles. The highest BCUT2D eigenvalue weighted by molar-refractivity contribution is 7.89. The fourth-order valence-corrected chi connectivity index (χ4v) is 3.87. The predicted octanol–water partition coefficient (Wildman–Crippen LogP) is 2.83. The zero-order valence-corrected chi connectivity index (χ0v) is 18.1. The lowest BCUT2D eigenvalue weighted by Gasteiger charge is -2.23. The summed E-state index contributed by atoms with van der Waals surface area (Å²) < 4.78 is 33.0. The Balaban J connectivity index is 1.81. The Morgan fingerprint density at radius 2 is 1.80 bits per heavy atom. The molecule has 0 radical (unpaired) electrons. The predicted molar refractivity (Wildman–Crippen MR) is 111 cm³/mol. The van der Waals surface area contributed by atoms with Gasteiger partial charge in [0.1, 0.15) is 0 Å². The number of nitrogens with zero attached hydrogens (tertiary/aromatic N) is 2. The van der Waals surface area contributed by atoms with Crippen molar-refractivity contribution < 1.29 is 17.7 Å². The van der Waals surface area contributed by atoms with Crippen molar-refractivity contribution in [1.82, 2.24) is 20.2 Å². The van der Waals surface area contributed by atoms with Crippen LogP contribution in [0, 0.1) is 13.8 Å². The molecule has 0 spiro atoms. The van der Waals surface area contributed by atoms with E-state index >= 15 is 0 Å². The van der Waals surface area contributed by atoms with Gasteiger partial charge in [0.25, 0.3) is 5.91 Å². The topological polar surface area (TPSA) is 114 Å². The van der Waals surface area contributed by atoms with Crippen LogP contribution in [0.4, 0.5) is 0 Å². The van der Waals surface area contributed by atoms with Gasteiger partial charge in [0.15, 0.2) is 5.82 Å². The number of aromatic nitrogens is 2. The molecule has 1 aromatic heterocycles. The molecule has 0 aliphatic carbocycles. The molecule has 9 heteroatoms. The SMILES string of the molecule is Cc1nc(C(C)(C)NC(=O)c2cc(S(=O)(=O)NCc3ccccc3)ccc2C)no1. The van der Waals surface area contributed by atoms with Crippen molar-refractivity contribution in [1.29, 1.82) is 0 Å². The molecule has 30 heavy (non-hydrogen) atoms. The first kappa shape index (κ1) is 21.7. The molecule has 1 amide bonds. The van der Waals surface area contributed by atoms with E-state index in [0.29, 0.717) is 17.3 Å². The summed E-state index contributed by atoms with van der Waals surface area (Å²) in [6.45, 7) is 7.05. The van der Waals surface area contributed by atoms with Crippen LogP contribution in [0.5, 0.6) is 0 Å². The molecule has 0 saturated heterocycles. The number of carbonyl (C=O) groups excluding carboxylic acids is 1. The Hall–Kier alpha value is -3.04. The van der Waals surface area contributed by atoms with Crippen molar-refractivity contribution in [2.75, 3.05) is 0 Å². The molecule has 0 unspecified atom stereocenters. The lowest BCUT2D eigenvalue weighted by molar-refractivity contribution is 0.0906. The van der Waals surface area contributed by atoms with Crippen molar-refractivity contribution >= 4 is 15.9 Å². The van der Waals surface area contributed by atoms with E-state index in [1.165, 1.54) is 12.1 Å². The van der Waals surface area contributed by atoms with Gasteiger partial charge in [0.2, 0.25) is 15.9 Å². The third-order valence-corrected chi connectivity index (χ3v) is 5.98. The first-order valence-electron chi connectivity index (χ1n) is 9.36. The van der Waals surface area contributed by atoms with Crippen LogP contribution in [0.1, 0.15) is 47.0 Å². The summed E-state index contributed by atoms with van der Waals surface area (Å²) in [5, 5.41) is 6.70. The Bertz CT molecular complexity index is 1150. The second kappa shape index (κ2) is 8.37. The molecule has 3 aromatic rings. The number of nitrogens with one attached hydrogen (secondary N) is 2. The van der Waals surface area contributed by atoms with Gasteiger partial charge in [0.05, 0.1) is 10.4 Å². The van der Waals surface area contributed by atoms with Crippen LogP contribution in [0.15, 0.2) is 57.9 Å². The second-order valence-electron chi connectivity index (χ2n) is 7.50. The van der Waals surface area contributed by atoms with Gasteiger partial charge in [-0.1, -0.05) is 41.6 Å². The first-order chi connectivity index (χ1) is 14.1. The zero-order valence-electron chi connectivity index (χ0n) is 17.3. The third-order valence-electron chi connectivity index (χ3n) is 4.59. The average molecular weight is 429 g/mol. The molecule has 8 nitrogen and oxygen atoms in total. The highest BCUT2D eigenvalue weighted by Crippen LogP contribution is 2.20. The summed E-state index contributed by atoms with van der Waals surface area (Å²) in [5.41, 5.74) is 0.839. The lowest BCUT2D eigenvalue weighted by Crippen LogP contribution is -2.42. The lowest BCUT2D eigenvalue weighted by atomic mass is 10.0. The van der Waals surface area contributed by atoms with E-state index in [2.05, 4.69) is 20.2 Å². The number of sulfonamides is 1. The first-order valence-corrected chi connectivity index (χ1v) is 10.8. The number of aryl methyl sites for hydroxylation is 2. The van der Waals surface area contributed by atoms with Crippen LogP contribution in [0.3, 0.4) is 0 Å². The third kappa shape index (κ3) is 4.92. The van der Waals surface area contributed by atoms with Gasteiger partial charge in [0, 0.05) is 19.0 Å². The van der Waals surface area contributed by atoms with E-state index in [4.69, 9.17) is 4.52 Å². The molecule has 0 aliphatic heterocycles. The summed E-state index contributed by atoms with van der Waals surface area (Å²) in [4.78, 5) is 17.1. The van der Waals surface area contributed by atoms with Gasteiger partial charge >= 0.3 is 0 Å². The zero-order chi connectivity index (χ0) is 21.9. The highest BCUT2D eigenvalue weighted by atomic mass is 32.2. The molecular weight excluding hydrogens is 404 g/mol. The quantitative estimate of drug-likeness (QED) is 0.598. The smallest absolute Gasteiger partial charge is 0.252 e. The van der Waals surface area contributed by atoms with Gasteiger partial charge < -0.3 is 9.84 Å². The molecule has 2 N–H and O–H groups in total. The average Bonchev–Trinajstić information content (AvgIpc) is 3.14. The van der Waals surface area contributed by atoms with E-state index in [0.717, 1.165) is 5.56 Å². The standard InChI is InChI=1S/C21H24N4O4S/c1-14-10-11-17(30(27,28)22-13-16-8-6-5-7-9-16)12-18(14)19(26)24-21(3,4)20-23-15(2)29-25-20/h5-12,22H,13H2,1-4H3,(H,24,26). The van der Waals surface area contributed by atoms with Crippen LogP contribution in [0.25, 0.3) is 0 Å². The maximum atomic E-state index is 12.9. The Morgan fingerprint density at radius 1 is 1.10 bits per heavy atom. The molecule has 0 atom stereocenters. The minimum atomic E-state index is -3.79. The summed E-state index contributed by atoms with van der Waals surface area (Å²) >= 11 is 0. The fraction of sp³-hybridized carbons (Fsp3) is 0.286. The van der Waals surface area contributed by atoms with Crippen LogP contribution >= 0.6 is 0 Å². The normalized spacial score (nSPS) is 12.0. The molecule has 3 rings (SSSR count). The van der Waals surface area contributed by atoms with E-state index < -0.39 is 21.5 Å². The maximum Gasteiger partial charge on any atom is 0.252 e. The van der Waals surface area contributed by atoms with Gasteiger partial charge in [-0.2, -0.15) is 4.98 Å². The number of hydrogen-bond donors (Lipinski definition) is 2. The Morgan fingerprint density at radius 3 is 2.43 bits per heavy atom. The summed E-state index contributed by atoms with van der Waals surface area (Å²) in [5.74, 6) is 0.292. The molecule has 1 heterocycles. The summed E-state index contributed by atoms with van der Waals surface area (Å²) in [6.07, 6.45) is 0. The van der Waals surface area contributed by atoms with Gasteiger partial charge in [-0.15, -0.1) is 0 Å². The molecular formula is C21H24N4O4S. The van der Waals surface area contributed by atoms with E-state index in [1.807, 2.05) is 30.3 Å². The largest absolute Gasteiger partial charge is 0.340 e. The van der Waals surface area contributed by atoms with Crippen molar-refractivity contribution in [2.45, 2.75) is 44.7 Å². The van der Waals surface area contributed by atoms with E-state index in [1.54, 1.807) is 33.8 Å². The number of benzene rings is 2. The molecule has 0 fully saturated rings. The van der Waals surface area contributed by atoms with Crippen LogP contribution in [-0.2, 0) is 22.1 Å². The van der Waals surface area contributed by atoms with Crippen molar-refractivity contribution in [3.63, 3.8) is 0 Å². The molecule has 158 valence electrons. The molecule has 0 saturated carbocycles. The minimum absolute atomic E-state index is 0.0161. The number of rotatable bonds is 7. The number of carbonyl (C=O) groups is 1. The fourth-order valence-electron chi connectivity index (χ4n) is 2.83. The van der Waals surface area contributed by atoms with Crippen LogP contribution in [0.2, 0.25) is 0 Å².